The van der Waals surface area contributed by atoms with Crippen LogP contribution in [0.2, 0.25) is 0 Å². The van der Waals surface area contributed by atoms with Crippen molar-refractivity contribution in [2.75, 3.05) is 5.73 Å². The van der Waals surface area contributed by atoms with Crippen molar-refractivity contribution in [3.63, 3.8) is 0 Å². The molecule has 0 aliphatic rings. The number of aromatic nitrogens is 2. The second-order valence-corrected chi connectivity index (χ2v) is 4.18. The Balaban J connectivity index is 2.02. The van der Waals surface area contributed by atoms with Crippen LogP contribution in [0.15, 0.2) is 24.3 Å². The molecule has 1 heterocycles. The van der Waals surface area contributed by atoms with Gasteiger partial charge in [0.1, 0.15) is 0 Å². The molecule has 0 fully saturated rings. The summed E-state index contributed by atoms with van der Waals surface area (Å²) in [5.74, 6) is 0.511. The monoisotopic (exact) mass is 215 g/mol. The standard InChI is InChI=1S/C13H17N3/c1-9-3-5-11(6-4-9)7-8-12-10(2)15-13(14)16-12/h3-6H,7-8H2,1-2H3,(H3,14,15,16). The number of imidazole rings is 1. The van der Waals surface area contributed by atoms with E-state index in [1.807, 2.05) is 6.92 Å². The fourth-order valence-electron chi connectivity index (χ4n) is 1.78. The predicted octanol–water partition coefficient (Wildman–Crippen LogP) is 2.39. The highest BCUT2D eigenvalue weighted by Crippen LogP contribution is 2.11. The molecule has 0 aliphatic heterocycles. The number of aromatic amines is 1. The maximum absolute atomic E-state index is 5.60. The van der Waals surface area contributed by atoms with Gasteiger partial charge in [0.25, 0.3) is 0 Å². The van der Waals surface area contributed by atoms with Gasteiger partial charge < -0.3 is 10.7 Å². The second kappa shape index (κ2) is 4.39. The van der Waals surface area contributed by atoms with Crippen LogP contribution < -0.4 is 5.73 Å². The van der Waals surface area contributed by atoms with Gasteiger partial charge in [-0.25, -0.2) is 4.98 Å². The first-order valence-electron chi connectivity index (χ1n) is 5.51. The number of rotatable bonds is 3. The van der Waals surface area contributed by atoms with Crippen molar-refractivity contribution in [3.8, 4) is 0 Å². The Morgan fingerprint density at radius 2 is 1.81 bits per heavy atom. The minimum atomic E-state index is 0.511. The van der Waals surface area contributed by atoms with Crippen LogP contribution >= 0.6 is 0 Å². The zero-order valence-corrected chi connectivity index (χ0v) is 9.75. The van der Waals surface area contributed by atoms with Crippen molar-refractivity contribution in [3.05, 3.63) is 46.8 Å². The van der Waals surface area contributed by atoms with Crippen LogP contribution in [0.25, 0.3) is 0 Å². The quantitative estimate of drug-likeness (QED) is 0.826. The number of hydrogen-bond acceptors (Lipinski definition) is 2. The van der Waals surface area contributed by atoms with Crippen LogP contribution in [0.3, 0.4) is 0 Å². The smallest absolute Gasteiger partial charge is 0.197 e. The second-order valence-electron chi connectivity index (χ2n) is 4.18. The molecule has 0 spiro atoms. The number of nitrogens with two attached hydrogens (primary N) is 1. The van der Waals surface area contributed by atoms with E-state index >= 15 is 0 Å². The van der Waals surface area contributed by atoms with Gasteiger partial charge in [0.2, 0.25) is 0 Å². The van der Waals surface area contributed by atoms with E-state index in [0.29, 0.717) is 5.95 Å². The molecule has 0 radical (unpaired) electrons. The molecule has 1 aromatic heterocycles. The highest BCUT2D eigenvalue weighted by Gasteiger charge is 2.04. The Hall–Kier alpha value is -1.77. The maximum atomic E-state index is 5.60. The summed E-state index contributed by atoms with van der Waals surface area (Å²) in [6, 6.07) is 8.61. The van der Waals surface area contributed by atoms with Crippen molar-refractivity contribution in [2.45, 2.75) is 26.7 Å². The fourth-order valence-corrected chi connectivity index (χ4v) is 1.78. The Morgan fingerprint density at radius 3 is 2.38 bits per heavy atom. The molecule has 0 saturated carbocycles. The molecule has 0 atom stereocenters. The molecule has 0 amide bonds. The van der Waals surface area contributed by atoms with Gasteiger partial charge in [-0.1, -0.05) is 29.8 Å². The molecule has 3 heteroatoms. The van der Waals surface area contributed by atoms with Crippen LogP contribution in [-0.2, 0) is 12.8 Å². The summed E-state index contributed by atoms with van der Waals surface area (Å²) in [4.78, 5) is 7.28. The van der Waals surface area contributed by atoms with Crippen LogP contribution in [0.5, 0.6) is 0 Å². The molecular formula is C13H17N3. The van der Waals surface area contributed by atoms with Crippen molar-refractivity contribution in [2.24, 2.45) is 0 Å². The number of H-pyrrole nitrogens is 1. The average molecular weight is 215 g/mol. The third-order valence-electron chi connectivity index (χ3n) is 2.77. The Labute approximate surface area is 95.7 Å². The fraction of sp³-hybridized carbons (Fsp3) is 0.308. The topological polar surface area (TPSA) is 54.7 Å². The van der Waals surface area contributed by atoms with Gasteiger partial charge in [0.05, 0.1) is 5.69 Å². The van der Waals surface area contributed by atoms with Crippen LogP contribution in [0.1, 0.15) is 22.5 Å². The summed E-state index contributed by atoms with van der Waals surface area (Å²) in [5, 5.41) is 0. The van der Waals surface area contributed by atoms with Gasteiger partial charge in [-0.05, 0) is 32.3 Å². The zero-order valence-electron chi connectivity index (χ0n) is 9.75. The molecule has 0 bridgehead atoms. The van der Waals surface area contributed by atoms with E-state index in [-0.39, 0.29) is 0 Å². The largest absolute Gasteiger partial charge is 0.369 e. The van der Waals surface area contributed by atoms with Crippen LogP contribution in [-0.4, -0.2) is 9.97 Å². The van der Waals surface area contributed by atoms with E-state index in [9.17, 15) is 0 Å². The highest BCUT2D eigenvalue weighted by atomic mass is 15.0. The van der Waals surface area contributed by atoms with E-state index in [4.69, 9.17) is 5.73 Å². The first kappa shape index (κ1) is 10.7. The Morgan fingerprint density at radius 1 is 1.12 bits per heavy atom. The summed E-state index contributed by atoms with van der Waals surface area (Å²) in [5.41, 5.74) is 10.4. The van der Waals surface area contributed by atoms with Crippen molar-refractivity contribution in [1.29, 1.82) is 0 Å². The van der Waals surface area contributed by atoms with Gasteiger partial charge in [0.15, 0.2) is 5.95 Å². The van der Waals surface area contributed by atoms with E-state index in [0.717, 1.165) is 24.2 Å². The Kier molecular flexibility index (Phi) is 2.95. The molecule has 3 N–H and O–H groups in total. The number of nitrogens with zero attached hydrogens (tertiary/aromatic N) is 1. The van der Waals surface area contributed by atoms with Crippen LogP contribution in [0.4, 0.5) is 5.95 Å². The third kappa shape index (κ3) is 2.42. The van der Waals surface area contributed by atoms with Gasteiger partial charge in [-0.15, -0.1) is 0 Å². The molecule has 0 saturated heterocycles. The normalized spacial score (nSPS) is 10.6. The molecule has 16 heavy (non-hydrogen) atoms. The maximum Gasteiger partial charge on any atom is 0.197 e. The van der Waals surface area contributed by atoms with E-state index in [1.54, 1.807) is 0 Å². The van der Waals surface area contributed by atoms with Gasteiger partial charge in [-0.3, -0.25) is 0 Å². The summed E-state index contributed by atoms with van der Waals surface area (Å²) in [7, 11) is 0. The molecule has 0 aliphatic carbocycles. The minimum Gasteiger partial charge on any atom is -0.369 e. The minimum absolute atomic E-state index is 0.511. The zero-order chi connectivity index (χ0) is 11.5. The number of hydrogen-bond donors (Lipinski definition) is 2. The lowest BCUT2D eigenvalue weighted by atomic mass is 10.1. The molecule has 3 nitrogen and oxygen atoms in total. The molecule has 1 aromatic carbocycles. The van der Waals surface area contributed by atoms with Gasteiger partial charge in [-0.2, -0.15) is 0 Å². The lowest BCUT2D eigenvalue weighted by Gasteiger charge is -2.01. The molecule has 2 rings (SSSR count). The highest BCUT2D eigenvalue weighted by molar-refractivity contribution is 5.27. The van der Waals surface area contributed by atoms with Crippen molar-refractivity contribution >= 4 is 5.95 Å². The van der Waals surface area contributed by atoms with E-state index < -0.39 is 0 Å². The first-order chi connectivity index (χ1) is 7.65. The predicted molar refractivity (Wildman–Crippen MR) is 66.3 cm³/mol. The molecule has 2 aromatic rings. The number of nitrogen functional groups attached to an aromatic ring is 1. The van der Waals surface area contributed by atoms with Crippen molar-refractivity contribution in [1.82, 2.24) is 9.97 Å². The third-order valence-corrected chi connectivity index (χ3v) is 2.77. The number of nitrogens with one attached hydrogen (secondary N) is 1. The molecule has 84 valence electrons. The number of anilines is 1. The summed E-state index contributed by atoms with van der Waals surface area (Å²) in [6.07, 6.45) is 1.94. The number of benzene rings is 1. The molecule has 0 unspecified atom stereocenters. The average Bonchev–Trinajstić information content (AvgIpc) is 2.57. The molecular weight excluding hydrogens is 198 g/mol. The summed E-state index contributed by atoms with van der Waals surface area (Å²) < 4.78 is 0. The van der Waals surface area contributed by atoms with E-state index in [1.165, 1.54) is 11.1 Å². The first-order valence-corrected chi connectivity index (χ1v) is 5.51. The van der Waals surface area contributed by atoms with E-state index in [2.05, 4.69) is 41.2 Å². The summed E-state index contributed by atoms with van der Waals surface area (Å²) >= 11 is 0. The van der Waals surface area contributed by atoms with Gasteiger partial charge >= 0.3 is 0 Å². The summed E-state index contributed by atoms with van der Waals surface area (Å²) in [6.45, 7) is 4.11. The van der Waals surface area contributed by atoms with Gasteiger partial charge in [0, 0.05) is 5.69 Å². The lowest BCUT2D eigenvalue weighted by molar-refractivity contribution is 0.914. The lowest BCUT2D eigenvalue weighted by Crippen LogP contribution is -1.94. The van der Waals surface area contributed by atoms with Crippen molar-refractivity contribution < 1.29 is 0 Å². The van der Waals surface area contributed by atoms with Crippen LogP contribution in [0, 0.1) is 13.8 Å². The number of aryl methyl sites for hydroxylation is 4. The Bertz CT molecular complexity index is 468. The SMILES string of the molecule is Cc1ccc(CCc2nc(N)[nH]c2C)cc1.